The van der Waals surface area contributed by atoms with Crippen LogP contribution in [0, 0.1) is 0 Å². The highest BCUT2D eigenvalue weighted by Crippen LogP contribution is 2.16. The van der Waals surface area contributed by atoms with Gasteiger partial charge in [0.15, 0.2) is 0 Å². The van der Waals surface area contributed by atoms with Gasteiger partial charge in [-0.25, -0.2) is 4.79 Å². The Kier molecular flexibility index (Phi) is 5.51. The molecule has 3 amide bonds. The van der Waals surface area contributed by atoms with E-state index in [-0.39, 0.29) is 11.9 Å². The zero-order chi connectivity index (χ0) is 15.3. The molecule has 5 nitrogen and oxygen atoms in total. The molecule has 1 N–H and O–H groups in total. The summed E-state index contributed by atoms with van der Waals surface area (Å²) in [6.45, 7) is 15.9. The average Bonchev–Trinajstić information content (AvgIpc) is 2.50. The summed E-state index contributed by atoms with van der Waals surface area (Å²) in [5, 5.41) is 2.68. The van der Waals surface area contributed by atoms with Crippen molar-refractivity contribution in [2.75, 3.05) is 26.2 Å². The monoisotopic (exact) mass is 279 g/mol. The van der Waals surface area contributed by atoms with E-state index in [0.717, 1.165) is 31.6 Å². The van der Waals surface area contributed by atoms with Crippen molar-refractivity contribution in [2.24, 2.45) is 0 Å². The van der Waals surface area contributed by atoms with Gasteiger partial charge in [0, 0.05) is 26.2 Å². The Labute approximate surface area is 121 Å². The van der Waals surface area contributed by atoms with E-state index in [9.17, 15) is 9.59 Å². The number of rotatable bonds is 8. The van der Waals surface area contributed by atoms with Crippen molar-refractivity contribution in [2.45, 2.75) is 32.7 Å². The van der Waals surface area contributed by atoms with Crippen molar-refractivity contribution in [3.05, 3.63) is 24.8 Å². The predicted octanol–water partition coefficient (Wildman–Crippen LogP) is 1.77. The minimum Gasteiger partial charge on any atom is -0.324 e. The molecule has 1 saturated heterocycles. The molecule has 0 aromatic rings. The summed E-state index contributed by atoms with van der Waals surface area (Å²) in [5.41, 5.74) is 0.304. The maximum Gasteiger partial charge on any atom is 0.325 e. The Hall–Kier alpha value is -1.62. The van der Waals surface area contributed by atoms with E-state index in [2.05, 4.69) is 23.4 Å². The summed E-state index contributed by atoms with van der Waals surface area (Å²) in [5.74, 6) is -0.155. The van der Waals surface area contributed by atoms with Gasteiger partial charge >= 0.3 is 6.03 Å². The fourth-order valence-electron chi connectivity index (χ4n) is 2.27. The number of carbonyl (C=O) groups excluding carboxylic acids is 2. The van der Waals surface area contributed by atoms with E-state index >= 15 is 0 Å². The highest BCUT2D eigenvalue weighted by atomic mass is 16.2. The molecule has 0 atom stereocenters. The molecular weight excluding hydrogens is 254 g/mol. The van der Waals surface area contributed by atoms with E-state index in [0.29, 0.717) is 6.54 Å². The molecular formula is C15H25N3O2. The Morgan fingerprint density at radius 3 is 2.55 bits per heavy atom. The van der Waals surface area contributed by atoms with Gasteiger partial charge in [-0.3, -0.25) is 14.6 Å². The molecule has 0 aromatic carbocycles. The molecule has 0 unspecified atom stereocenters. The number of amides is 3. The fourth-order valence-corrected chi connectivity index (χ4v) is 2.27. The standard InChI is InChI=1S/C15H25N3O2/c1-6-8-17(11-12(2)3)9-7-10-18-13(19)15(4,5)16-14(18)20/h6H,1-2,7-11H2,3-5H3,(H,16,20). The van der Waals surface area contributed by atoms with E-state index < -0.39 is 5.54 Å². The molecule has 0 radical (unpaired) electrons. The Balaban J connectivity index is 2.46. The van der Waals surface area contributed by atoms with Crippen LogP contribution >= 0.6 is 0 Å². The zero-order valence-corrected chi connectivity index (χ0v) is 12.7. The van der Waals surface area contributed by atoms with Crippen LogP contribution in [0.15, 0.2) is 24.8 Å². The average molecular weight is 279 g/mol. The Morgan fingerprint density at radius 2 is 2.10 bits per heavy atom. The molecule has 1 rings (SSSR count). The summed E-state index contributed by atoms with van der Waals surface area (Å²) in [4.78, 5) is 27.2. The van der Waals surface area contributed by atoms with Gasteiger partial charge < -0.3 is 5.32 Å². The van der Waals surface area contributed by atoms with Gasteiger partial charge in [-0.2, -0.15) is 0 Å². The maximum atomic E-state index is 12.0. The van der Waals surface area contributed by atoms with E-state index in [1.54, 1.807) is 13.8 Å². The second kappa shape index (κ2) is 6.70. The van der Waals surface area contributed by atoms with Gasteiger partial charge in [0.25, 0.3) is 5.91 Å². The molecule has 0 saturated carbocycles. The highest BCUT2D eigenvalue weighted by molar-refractivity contribution is 6.06. The van der Waals surface area contributed by atoms with Crippen molar-refractivity contribution in [3.63, 3.8) is 0 Å². The summed E-state index contributed by atoms with van der Waals surface area (Å²) in [6.07, 6.45) is 2.59. The number of hydrogen-bond donors (Lipinski definition) is 1. The minimum absolute atomic E-state index is 0.155. The number of imide groups is 1. The Morgan fingerprint density at radius 1 is 1.45 bits per heavy atom. The van der Waals surface area contributed by atoms with Gasteiger partial charge in [0.05, 0.1) is 0 Å². The van der Waals surface area contributed by atoms with Crippen LogP contribution in [0.4, 0.5) is 4.79 Å². The molecule has 0 spiro atoms. The molecule has 0 aromatic heterocycles. The first-order valence-corrected chi connectivity index (χ1v) is 6.89. The number of nitrogens with one attached hydrogen (secondary N) is 1. The van der Waals surface area contributed by atoms with Crippen LogP contribution in [-0.4, -0.2) is 53.5 Å². The SMILES string of the molecule is C=CCN(CCCN1C(=O)NC(C)(C)C1=O)CC(=C)C. The lowest BCUT2D eigenvalue weighted by Gasteiger charge is -2.22. The lowest BCUT2D eigenvalue weighted by atomic mass is 10.1. The van der Waals surface area contributed by atoms with E-state index in [1.807, 2.05) is 13.0 Å². The van der Waals surface area contributed by atoms with Crippen molar-refractivity contribution >= 4 is 11.9 Å². The smallest absolute Gasteiger partial charge is 0.324 e. The molecule has 1 heterocycles. The van der Waals surface area contributed by atoms with Crippen LogP contribution in [0.5, 0.6) is 0 Å². The first-order valence-electron chi connectivity index (χ1n) is 6.89. The van der Waals surface area contributed by atoms with Crippen LogP contribution in [0.2, 0.25) is 0 Å². The number of carbonyl (C=O) groups is 2. The third kappa shape index (κ3) is 4.20. The van der Waals surface area contributed by atoms with Gasteiger partial charge in [-0.15, -0.1) is 6.58 Å². The first kappa shape index (κ1) is 16.4. The number of urea groups is 1. The zero-order valence-electron chi connectivity index (χ0n) is 12.7. The van der Waals surface area contributed by atoms with E-state index in [1.165, 1.54) is 4.90 Å². The lowest BCUT2D eigenvalue weighted by Crippen LogP contribution is -2.40. The van der Waals surface area contributed by atoms with Crippen LogP contribution < -0.4 is 5.32 Å². The summed E-state index contributed by atoms with van der Waals surface area (Å²) < 4.78 is 0. The largest absolute Gasteiger partial charge is 0.325 e. The minimum atomic E-state index is -0.782. The third-order valence-electron chi connectivity index (χ3n) is 3.18. The summed E-state index contributed by atoms with van der Waals surface area (Å²) in [6, 6.07) is -0.296. The predicted molar refractivity (Wildman–Crippen MR) is 80.4 cm³/mol. The second-order valence-corrected chi connectivity index (χ2v) is 5.85. The molecule has 1 aliphatic rings. The van der Waals surface area contributed by atoms with Crippen molar-refractivity contribution in [3.8, 4) is 0 Å². The molecule has 0 aliphatic carbocycles. The van der Waals surface area contributed by atoms with Crippen LogP contribution in [0.1, 0.15) is 27.2 Å². The number of nitrogens with zero attached hydrogens (tertiary/aromatic N) is 2. The highest BCUT2D eigenvalue weighted by Gasteiger charge is 2.43. The molecule has 1 aliphatic heterocycles. The number of hydrogen-bond acceptors (Lipinski definition) is 3. The molecule has 20 heavy (non-hydrogen) atoms. The van der Waals surface area contributed by atoms with Crippen molar-refractivity contribution in [1.82, 2.24) is 15.1 Å². The van der Waals surface area contributed by atoms with Crippen molar-refractivity contribution < 1.29 is 9.59 Å². The summed E-state index contributed by atoms with van der Waals surface area (Å²) in [7, 11) is 0. The van der Waals surface area contributed by atoms with Crippen molar-refractivity contribution in [1.29, 1.82) is 0 Å². The molecule has 112 valence electrons. The summed E-state index contributed by atoms with van der Waals surface area (Å²) >= 11 is 0. The van der Waals surface area contributed by atoms with Crippen LogP contribution in [-0.2, 0) is 4.79 Å². The normalized spacial score (nSPS) is 17.5. The van der Waals surface area contributed by atoms with Crippen LogP contribution in [0.25, 0.3) is 0 Å². The van der Waals surface area contributed by atoms with E-state index in [4.69, 9.17) is 0 Å². The lowest BCUT2D eigenvalue weighted by molar-refractivity contribution is -0.130. The van der Waals surface area contributed by atoms with Gasteiger partial charge in [-0.05, 0) is 27.2 Å². The third-order valence-corrected chi connectivity index (χ3v) is 3.18. The fraction of sp³-hybridized carbons (Fsp3) is 0.600. The first-order chi connectivity index (χ1) is 9.27. The molecule has 0 bridgehead atoms. The van der Waals surface area contributed by atoms with Gasteiger partial charge in [0.2, 0.25) is 0 Å². The molecule has 1 fully saturated rings. The quantitative estimate of drug-likeness (QED) is 0.544. The van der Waals surface area contributed by atoms with Gasteiger partial charge in [0.1, 0.15) is 5.54 Å². The maximum absolute atomic E-state index is 12.0. The second-order valence-electron chi connectivity index (χ2n) is 5.85. The Bertz CT molecular complexity index is 415. The van der Waals surface area contributed by atoms with Crippen LogP contribution in [0.3, 0.4) is 0 Å². The molecule has 5 heteroatoms. The van der Waals surface area contributed by atoms with Gasteiger partial charge in [-0.1, -0.05) is 18.2 Å². The topological polar surface area (TPSA) is 52.6 Å².